The minimum absolute atomic E-state index is 0.0119. The van der Waals surface area contributed by atoms with Crippen LogP contribution in [0.25, 0.3) is 11.1 Å². The Balaban J connectivity index is 1.98. The zero-order valence-electron chi connectivity index (χ0n) is 15.1. The number of methoxy groups -OCH3 is 1. The van der Waals surface area contributed by atoms with E-state index in [2.05, 4.69) is 15.5 Å². The number of rotatable bonds is 3. The second-order valence-corrected chi connectivity index (χ2v) is 6.64. The Kier molecular flexibility index (Phi) is 4.48. The van der Waals surface area contributed by atoms with Crippen LogP contribution < -0.4 is 10.2 Å². The zero-order chi connectivity index (χ0) is 19.8. The SMILES string of the molecule is COc1ccc(C2=C(c3ccc(Cl)cc3)C(=O)N(C)N3CC(=O)NN=C23)cn1. The molecule has 1 N–H and O–H groups in total. The maximum atomic E-state index is 13.2. The molecule has 0 saturated heterocycles. The van der Waals surface area contributed by atoms with Gasteiger partial charge in [-0.1, -0.05) is 23.7 Å². The maximum absolute atomic E-state index is 13.2. The third kappa shape index (κ3) is 2.97. The second-order valence-electron chi connectivity index (χ2n) is 6.20. The lowest BCUT2D eigenvalue weighted by Gasteiger charge is -2.41. The van der Waals surface area contributed by atoms with Crippen LogP contribution in [0.2, 0.25) is 5.02 Å². The van der Waals surface area contributed by atoms with Crippen LogP contribution in [0, 0.1) is 0 Å². The summed E-state index contributed by atoms with van der Waals surface area (Å²) >= 11 is 6.01. The molecule has 0 atom stereocenters. The van der Waals surface area contributed by atoms with E-state index in [4.69, 9.17) is 16.3 Å². The molecule has 0 bridgehead atoms. The van der Waals surface area contributed by atoms with Crippen LogP contribution in [0.15, 0.2) is 47.7 Å². The summed E-state index contributed by atoms with van der Waals surface area (Å²) in [6.45, 7) is -0.0119. The maximum Gasteiger partial charge on any atom is 0.273 e. The molecule has 1 aromatic carbocycles. The number of hydrogen-bond acceptors (Lipinski definition) is 6. The molecule has 3 heterocycles. The number of amides is 2. The fourth-order valence-corrected chi connectivity index (χ4v) is 3.28. The number of aromatic nitrogens is 1. The first-order valence-electron chi connectivity index (χ1n) is 8.42. The molecule has 0 aliphatic carbocycles. The van der Waals surface area contributed by atoms with Gasteiger partial charge in [-0.25, -0.2) is 10.4 Å². The normalized spacial score (nSPS) is 16.6. The molecule has 0 unspecified atom stereocenters. The Labute approximate surface area is 166 Å². The Hall–Kier alpha value is -3.39. The highest BCUT2D eigenvalue weighted by atomic mass is 35.5. The van der Waals surface area contributed by atoms with Gasteiger partial charge in [0.1, 0.15) is 6.54 Å². The number of benzene rings is 1. The number of halogens is 1. The number of likely N-dealkylation sites (N-methyl/N-ethyl adjacent to an activating group) is 1. The number of ether oxygens (including phenoxy) is 1. The van der Waals surface area contributed by atoms with E-state index in [0.29, 0.717) is 39.0 Å². The van der Waals surface area contributed by atoms with E-state index in [-0.39, 0.29) is 18.4 Å². The summed E-state index contributed by atoms with van der Waals surface area (Å²) in [4.78, 5) is 29.3. The zero-order valence-corrected chi connectivity index (χ0v) is 15.9. The first-order valence-corrected chi connectivity index (χ1v) is 8.80. The largest absolute Gasteiger partial charge is 0.481 e. The average Bonchev–Trinajstić information content (AvgIpc) is 2.72. The number of hydrazone groups is 1. The van der Waals surface area contributed by atoms with E-state index in [1.165, 1.54) is 12.1 Å². The Bertz CT molecular complexity index is 1010. The van der Waals surface area contributed by atoms with Crippen LogP contribution in [-0.2, 0) is 9.59 Å². The highest BCUT2D eigenvalue weighted by Gasteiger charge is 2.39. The van der Waals surface area contributed by atoms with Gasteiger partial charge in [0.15, 0.2) is 5.84 Å². The molecule has 142 valence electrons. The van der Waals surface area contributed by atoms with Crippen molar-refractivity contribution >= 4 is 40.4 Å². The highest BCUT2D eigenvalue weighted by Crippen LogP contribution is 2.35. The predicted molar refractivity (Wildman–Crippen MR) is 104 cm³/mol. The smallest absolute Gasteiger partial charge is 0.273 e. The molecule has 2 aliphatic heterocycles. The number of amidine groups is 1. The standard InChI is InChI=1S/C19H16ClN5O3/c1-24-19(27)17(11-3-6-13(20)7-4-11)16(12-5-8-15(28-2)21-9-12)18-23-22-14(26)10-25(18)24/h3-9H,10H2,1-2H3,(H,22,26). The quantitative estimate of drug-likeness (QED) is 0.853. The average molecular weight is 398 g/mol. The summed E-state index contributed by atoms with van der Waals surface area (Å²) in [6, 6.07) is 10.5. The molecule has 2 amide bonds. The molecule has 0 spiro atoms. The van der Waals surface area contributed by atoms with Crippen molar-refractivity contribution < 1.29 is 14.3 Å². The molecule has 8 nitrogen and oxygen atoms in total. The van der Waals surface area contributed by atoms with Gasteiger partial charge in [0.05, 0.1) is 12.7 Å². The van der Waals surface area contributed by atoms with Crippen molar-refractivity contribution in [3.63, 3.8) is 0 Å². The molecule has 9 heteroatoms. The molecule has 28 heavy (non-hydrogen) atoms. The predicted octanol–water partition coefficient (Wildman–Crippen LogP) is 1.79. The monoisotopic (exact) mass is 397 g/mol. The number of hydrazine groups is 1. The summed E-state index contributed by atoms with van der Waals surface area (Å²) in [5.74, 6) is 0.346. The summed E-state index contributed by atoms with van der Waals surface area (Å²) in [5.41, 5.74) is 4.86. The number of nitrogens with one attached hydrogen (secondary N) is 1. The summed E-state index contributed by atoms with van der Waals surface area (Å²) in [6.07, 6.45) is 1.61. The van der Waals surface area contributed by atoms with Crippen molar-refractivity contribution in [2.24, 2.45) is 5.10 Å². The van der Waals surface area contributed by atoms with Crippen LogP contribution in [-0.4, -0.2) is 53.4 Å². The number of hydrogen-bond donors (Lipinski definition) is 1. The van der Waals surface area contributed by atoms with Crippen LogP contribution in [0.5, 0.6) is 5.88 Å². The molecule has 2 aliphatic rings. The van der Waals surface area contributed by atoms with Gasteiger partial charge in [-0.2, -0.15) is 5.10 Å². The Morgan fingerprint density at radius 2 is 1.79 bits per heavy atom. The van der Waals surface area contributed by atoms with E-state index >= 15 is 0 Å². The van der Waals surface area contributed by atoms with Crippen molar-refractivity contribution in [2.45, 2.75) is 0 Å². The van der Waals surface area contributed by atoms with Crippen LogP contribution in [0.4, 0.5) is 0 Å². The van der Waals surface area contributed by atoms with Gasteiger partial charge in [0.25, 0.3) is 11.8 Å². The lowest BCUT2D eigenvalue weighted by molar-refractivity contribution is -0.137. The summed E-state index contributed by atoms with van der Waals surface area (Å²) in [7, 11) is 3.14. The Morgan fingerprint density at radius 1 is 1.07 bits per heavy atom. The molecule has 0 saturated carbocycles. The number of carbonyl (C=O) groups excluding carboxylic acids is 2. The van der Waals surface area contributed by atoms with E-state index in [0.717, 1.165) is 0 Å². The van der Waals surface area contributed by atoms with Gasteiger partial charge in [-0.3, -0.25) is 19.6 Å². The van der Waals surface area contributed by atoms with Crippen molar-refractivity contribution in [3.8, 4) is 5.88 Å². The van der Waals surface area contributed by atoms with E-state index in [1.807, 2.05) is 0 Å². The molecular formula is C19H16ClN5O3. The molecule has 2 aromatic rings. The number of nitrogens with zero attached hydrogens (tertiary/aromatic N) is 4. The molecular weight excluding hydrogens is 382 g/mol. The van der Waals surface area contributed by atoms with Crippen molar-refractivity contribution in [1.82, 2.24) is 20.4 Å². The van der Waals surface area contributed by atoms with Gasteiger partial charge in [-0.05, 0) is 23.8 Å². The minimum atomic E-state index is -0.300. The fourth-order valence-electron chi connectivity index (χ4n) is 3.15. The molecule has 1 aromatic heterocycles. The number of pyridine rings is 1. The topological polar surface area (TPSA) is 87.1 Å². The summed E-state index contributed by atoms with van der Waals surface area (Å²) in [5, 5.41) is 7.72. The first kappa shape index (κ1) is 18.0. The van der Waals surface area contributed by atoms with Gasteiger partial charge in [-0.15, -0.1) is 0 Å². The van der Waals surface area contributed by atoms with Gasteiger partial charge >= 0.3 is 0 Å². The molecule has 0 fully saturated rings. The number of carbonyl (C=O) groups is 2. The van der Waals surface area contributed by atoms with E-state index < -0.39 is 0 Å². The number of fused-ring (bicyclic) bond motifs is 1. The van der Waals surface area contributed by atoms with Crippen molar-refractivity contribution in [2.75, 3.05) is 20.7 Å². The van der Waals surface area contributed by atoms with E-state index in [1.54, 1.807) is 54.7 Å². The van der Waals surface area contributed by atoms with Gasteiger partial charge in [0, 0.05) is 35.5 Å². The molecule has 4 rings (SSSR count). The third-order valence-corrected chi connectivity index (χ3v) is 4.79. The van der Waals surface area contributed by atoms with Gasteiger partial charge in [0.2, 0.25) is 5.88 Å². The second kappa shape index (κ2) is 6.97. The fraction of sp³-hybridized carbons (Fsp3) is 0.158. The molecule has 0 radical (unpaired) electrons. The first-order chi connectivity index (χ1) is 13.5. The van der Waals surface area contributed by atoms with Crippen molar-refractivity contribution in [1.29, 1.82) is 0 Å². The minimum Gasteiger partial charge on any atom is -0.481 e. The van der Waals surface area contributed by atoms with Crippen LogP contribution in [0.1, 0.15) is 11.1 Å². The third-order valence-electron chi connectivity index (χ3n) is 4.53. The summed E-state index contributed by atoms with van der Waals surface area (Å²) < 4.78 is 5.13. The lowest BCUT2D eigenvalue weighted by atomic mass is 9.91. The Morgan fingerprint density at radius 3 is 2.43 bits per heavy atom. The van der Waals surface area contributed by atoms with E-state index in [9.17, 15) is 9.59 Å². The highest BCUT2D eigenvalue weighted by molar-refractivity contribution is 6.43. The lowest BCUT2D eigenvalue weighted by Crippen LogP contribution is -2.57. The van der Waals surface area contributed by atoms with Crippen LogP contribution >= 0.6 is 11.6 Å². The van der Waals surface area contributed by atoms with Gasteiger partial charge < -0.3 is 4.74 Å². The van der Waals surface area contributed by atoms with Crippen molar-refractivity contribution in [3.05, 3.63) is 58.7 Å². The van der Waals surface area contributed by atoms with Crippen LogP contribution in [0.3, 0.4) is 0 Å².